The molecule has 44 heavy (non-hydrogen) atoms. The molecule has 1 unspecified atom stereocenters. The number of carbonyl (C=O) groups excluding carboxylic acids is 3. The van der Waals surface area contributed by atoms with E-state index in [4.69, 9.17) is 28.4 Å². The molecule has 0 spiro atoms. The number of hydrogen-bond acceptors (Lipinski definition) is 9. The van der Waals surface area contributed by atoms with Crippen LogP contribution in [0.4, 0.5) is 0 Å². The Balaban J connectivity index is 0.000000566. The summed E-state index contributed by atoms with van der Waals surface area (Å²) >= 11 is 0. The first kappa shape index (κ1) is 39.8. The number of carbonyl (C=O) groups is 3. The molecule has 0 N–H and O–H groups in total. The number of rotatable bonds is 12. The molecular weight excluding hydrogens is 564 g/mol. The van der Waals surface area contributed by atoms with Gasteiger partial charge < -0.3 is 28.4 Å². The van der Waals surface area contributed by atoms with Crippen molar-refractivity contribution in [3.63, 3.8) is 0 Å². The summed E-state index contributed by atoms with van der Waals surface area (Å²) in [7, 11) is 9.83. The second-order valence-corrected chi connectivity index (χ2v) is 9.54. The smallest absolute Gasteiger partial charge is 0.161 e. The summed E-state index contributed by atoms with van der Waals surface area (Å²) < 4.78 is 29.8. The SMILES string of the molecule is CC(=O)c1ccc(C(C)=O)cc1.COCCC(C)COC.COc1ccc(C(C)=O)cc1OC.COc1ccc(OC)cc1. The molecule has 0 aliphatic rings. The van der Waals surface area contributed by atoms with E-state index in [2.05, 4.69) is 6.92 Å². The first-order chi connectivity index (χ1) is 21.0. The standard InChI is InChI=1S/C10H12O3.C10H10O2.C8H10O2.C7H16O2/c1-7(11)8-4-5-9(12-2)10(6-8)13-3;1-7(11)9-3-5-10(6-4-9)8(2)12;1-9-7-3-5-8(10-2)6-4-7;1-7(6-9-3)4-5-8-2/h4-6H,1-3H3;3-6H,1-2H3;3-6H,1-2H3;7H,4-6H2,1-3H3. The van der Waals surface area contributed by atoms with Gasteiger partial charge in [0.2, 0.25) is 0 Å². The van der Waals surface area contributed by atoms with Gasteiger partial charge in [0.15, 0.2) is 28.8 Å². The molecule has 0 amide bonds. The molecule has 0 aliphatic heterocycles. The molecule has 3 aromatic carbocycles. The van der Waals surface area contributed by atoms with Crippen molar-refractivity contribution >= 4 is 17.3 Å². The highest BCUT2D eigenvalue weighted by Gasteiger charge is 2.06. The van der Waals surface area contributed by atoms with Crippen LogP contribution < -0.4 is 18.9 Å². The van der Waals surface area contributed by atoms with Gasteiger partial charge in [0.25, 0.3) is 0 Å². The Morgan fingerprint density at radius 2 is 0.955 bits per heavy atom. The van der Waals surface area contributed by atoms with Crippen LogP contribution in [-0.4, -0.2) is 73.2 Å². The summed E-state index contributed by atoms with van der Waals surface area (Å²) in [6.45, 7) is 8.35. The predicted molar refractivity (Wildman–Crippen MR) is 173 cm³/mol. The van der Waals surface area contributed by atoms with Crippen LogP contribution in [0, 0.1) is 5.92 Å². The van der Waals surface area contributed by atoms with Gasteiger partial charge in [-0.1, -0.05) is 31.2 Å². The summed E-state index contributed by atoms with van der Waals surface area (Å²) in [6.07, 6.45) is 1.09. The third-order valence-corrected chi connectivity index (χ3v) is 6.05. The number of ether oxygens (including phenoxy) is 6. The molecule has 0 saturated heterocycles. The number of hydrogen-bond donors (Lipinski definition) is 0. The summed E-state index contributed by atoms with van der Waals surface area (Å²) in [5.74, 6) is 3.58. The Bertz CT molecular complexity index is 1180. The maximum Gasteiger partial charge on any atom is 0.161 e. The van der Waals surface area contributed by atoms with Gasteiger partial charge in [0, 0.05) is 44.1 Å². The van der Waals surface area contributed by atoms with Gasteiger partial charge in [-0.3, -0.25) is 14.4 Å². The van der Waals surface area contributed by atoms with Crippen LogP contribution in [0.3, 0.4) is 0 Å². The lowest BCUT2D eigenvalue weighted by Gasteiger charge is -2.07. The Morgan fingerprint density at radius 3 is 1.27 bits per heavy atom. The van der Waals surface area contributed by atoms with Gasteiger partial charge >= 0.3 is 0 Å². The highest BCUT2D eigenvalue weighted by molar-refractivity contribution is 5.97. The molecule has 9 nitrogen and oxygen atoms in total. The summed E-state index contributed by atoms with van der Waals surface area (Å²) in [5, 5.41) is 0. The van der Waals surface area contributed by atoms with Crippen molar-refractivity contribution in [3.05, 3.63) is 83.4 Å². The summed E-state index contributed by atoms with van der Waals surface area (Å²) in [6, 6.07) is 19.2. The Hall–Kier alpha value is -4.21. The zero-order valence-electron chi connectivity index (χ0n) is 27.7. The van der Waals surface area contributed by atoms with Crippen LogP contribution in [0.15, 0.2) is 66.7 Å². The minimum Gasteiger partial charge on any atom is -0.497 e. The van der Waals surface area contributed by atoms with Crippen LogP contribution in [0.1, 0.15) is 65.2 Å². The van der Waals surface area contributed by atoms with Crippen molar-refractivity contribution < 1.29 is 42.8 Å². The predicted octanol–water partition coefficient (Wildman–Crippen LogP) is 7.01. The van der Waals surface area contributed by atoms with Crippen molar-refractivity contribution in [2.75, 3.05) is 55.9 Å². The Labute approximate surface area is 262 Å². The molecular formula is C35H48O9. The first-order valence-corrected chi connectivity index (χ1v) is 14.0. The van der Waals surface area contributed by atoms with Crippen molar-refractivity contribution in [1.82, 2.24) is 0 Å². The Morgan fingerprint density at radius 1 is 0.545 bits per heavy atom. The van der Waals surface area contributed by atoms with Gasteiger partial charge in [-0.05, 0) is 75.6 Å². The third-order valence-electron chi connectivity index (χ3n) is 6.05. The van der Waals surface area contributed by atoms with Crippen molar-refractivity contribution in [2.24, 2.45) is 5.92 Å². The van der Waals surface area contributed by atoms with E-state index in [9.17, 15) is 14.4 Å². The topological polar surface area (TPSA) is 107 Å². The maximum atomic E-state index is 11.0. The number of ketones is 3. The van der Waals surface area contributed by atoms with E-state index in [1.165, 1.54) is 20.8 Å². The molecule has 1 atom stereocenters. The quantitative estimate of drug-likeness (QED) is 0.200. The molecule has 0 radical (unpaired) electrons. The van der Waals surface area contributed by atoms with Crippen LogP contribution >= 0.6 is 0 Å². The van der Waals surface area contributed by atoms with Crippen molar-refractivity contribution in [1.29, 1.82) is 0 Å². The summed E-state index contributed by atoms with van der Waals surface area (Å²) in [5.41, 5.74) is 1.90. The van der Waals surface area contributed by atoms with Gasteiger partial charge in [0.1, 0.15) is 11.5 Å². The van der Waals surface area contributed by atoms with Crippen molar-refractivity contribution in [2.45, 2.75) is 34.1 Å². The highest BCUT2D eigenvalue weighted by atomic mass is 16.5. The lowest BCUT2D eigenvalue weighted by molar-refractivity contribution is 0.100. The van der Waals surface area contributed by atoms with Crippen LogP contribution in [0.25, 0.3) is 0 Å². The largest absolute Gasteiger partial charge is 0.497 e. The van der Waals surface area contributed by atoms with Crippen molar-refractivity contribution in [3.8, 4) is 23.0 Å². The average molecular weight is 613 g/mol. The van der Waals surface area contributed by atoms with E-state index >= 15 is 0 Å². The van der Waals surface area contributed by atoms with Gasteiger partial charge in [0.05, 0.1) is 28.4 Å². The third kappa shape index (κ3) is 16.4. The molecule has 3 rings (SSSR count). The number of methoxy groups -OCH3 is 6. The molecule has 0 saturated carbocycles. The fourth-order valence-corrected chi connectivity index (χ4v) is 3.39. The average Bonchev–Trinajstić information content (AvgIpc) is 3.04. The molecule has 0 aromatic heterocycles. The number of benzene rings is 3. The second kappa shape index (κ2) is 23.3. The minimum atomic E-state index is 0.0148. The minimum absolute atomic E-state index is 0.0148. The lowest BCUT2D eigenvalue weighted by atomic mass is 10.1. The first-order valence-electron chi connectivity index (χ1n) is 14.0. The zero-order chi connectivity index (χ0) is 33.5. The van der Waals surface area contributed by atoms with E-state index in [-0.39, 0.29) is 17.3 Å². The van der Waals surface area contributed by atoms with E-state index in [0.29, 0.717) is 34.1 Å². The highest BCUT2D eigenvalue weighted by Crippen LogP contribution is 2.27. The molecule has 3 aromatic rings. The second-order valence-electron chi connectivity index (χ2n) is 9.54. The molecule has 0 bridgehead atoms. The fraction of sp³-hybridized carbons (Fsp3) is 0.400. The molecule has 0 fully saturated rings. The van der Waals surface area contributed by atoms with E-state index in [0.717, 1.165) is 31.1 Å². The van der Waals surface area contributed by atoms with Crippen LogP contribution in [-0.2, 0) is 9.47 Å². The number of Topliss-reactive ketones (excluding diaryl/α,β-unsaturated/α-hetero) is 3. The zero-order valence-corrected chi connectivity index (χ0v) is 27.7. The Kier molecular flexibility index (Phi) is 21.0. The molecule has 0 heterocycles. The fourth-order valence-electron chi connectivity index (χ4n) is 3.39. The van der Waals surface area contributed by atoms with Gasteiger partial charge in [-0.2, -0.15) is 0 Å². The van der Waals surface area contributed by atoms with Crippen LogP contribution in [0.5, 0.6) is 23.0 Å². The van der Waals surface area contributed by atoms with Gasteiger partial charge in [-0.15, -0.1) is 0 Å². The molecule has 0 aliphatic carbocycles. The molecule has 242 valence electrons. The van der Waals surface area contributed by atoms with Gasteiger partial charge in [-0.25, -0.2) is 0 Å². The normalized spacial score (nSPS) is 10.2. The van der Waals surface area contributed by atoms with E-state index < -0.39 is 0 Å². The lowest BCUT2D eigenvalue weighted by Crippen LogP contribution is -2.06. The molecule has 9 heteroatoms. The van der Waals surface area contributed by atoms with E-state index in [1.54, 1.807) is 85.1 Å². The maximum absolute atomic E-state index is 11.0. The summed E-state index contributed by atoms with van der Waals surface area (Å²) in [4.78, 5) is 32.7. The monoisotopic (exact) mass is 612 g/mol. The van der Waals surface area contributed by atoms with E-state index in [1.807, 2.05) is 24.3 Å². The van der Waals surface area contributed by atoms with Crippen LogP contribution in [0.2, 0.25) is 0 Å².